The van der Waals surface area contributed by atoms with Crippen molar-refractivity contribution in [2.45, 2.75) is 213 Å². The second-order valence-corrected chi connectivity index (χ2v) is 16.4. The first-order chi connectivity index (χ1) is 31.5. The third kappa shape index (κ3) is 48.8. The molecule has 0 aliphatic carbocycles. The molecule has 6 nitrogen and oxygen atoms in total. The molecule has 6 heteroatoms. The number of rotatable bonds is 44. The molecule has 0 N–H and O–H groups in total. The molecule has 0 aromatic carbocycles. The highest BCUT2D eigenvalue weighted by Gasteiger charge is 2.19. The highest BCUT2D eigenvalue weighted by Crippen LogP contribution is 2.12. The summed E-state index contributed by atoms with van der Waals surface area (Å²) in [6.07, 6.45) is 70.3. The largest absolute Gasteiger partial charge is 0.462 e. The van der Waals surface area contributed by atoms with Crippen LogP contribution in [0.1, 0.15) is 207 Å². The van der Waals surface area contributed by atoms with Crippen LogP contribution in [-0.2, 0) is 28.6 Å². The fourth-order valence-electron chi connectivity index (χ4n) is 6.48. The van der Waals surface area contributed by atoms with E-state index in [4.69, 9.17) is 14.2 Å². The van der Waals surface area contributed by atoms with Gasteiger partial charge in [0.1, 0.15) is 13.2 Å². The van der Waals surface area contributed by atoms with Crippen LogP contribution in [0.2, 0.25) is 0 Å². The first-order valence-corrected chi connectivity index (χ1v) is 25.6. The number of carbonyl (C=O) groups excluding carboxylic acids is 3. The molecule has 360 valence electrons. The summed E-state index contributed by atoms with van der Waals surface area (Å²) in [5.74, 6) is -0.987. The van der Waals surface area contributed by atoms with Gasteiger partial charge >= 0.3 is 17.9 Å². The zero-order chi connectivity index (χ0) is 46.5. The van der Waals surface area contributed by atoms with Crippen molar-refractivity contribution in [3.05, 3.63) is 122 Å². The first-order valence-electron chi connectivity index (χ1n) is 25.6. The van der Waals surface area contributed by atoms with E-state index in [1.165, 1.54) is 19.3 Å². The van der Waals surface area contributed by atoms with Crippen LogP contribution in [0.3, 0.4) is 0 Å². The van der Waals surface area contributed by atoms with Gasteiger partial charge in [-0.2, -0.15) is 0 Å². The van der Waals surface area contributed by atoms with Crippen LogP contribution in [0.25, 0.3) is 0 Å². The predicted molar refractivity (Wildman–Crippen MR) is 274 cm³/mol. The Morgan fingerprint density at radius 3 is 1.11 bits per heavy atom. The Bertz CT molecular complexity index is 1390. The van der Waals surface area contributed by atoms with Crippen molar-refractivity contribution in [1.29, 1.82) is 0 Å². The van der Waals surface area contributed by atoms with Crippen molar-refractivity contribution in [1.82, 2.24) is 0 Å². The van der Waals surface area contributed by atoms with E-state index in [1.54, 1.807) is 0 Å². The molecule has 1 unspecified atom stereocenters. The van der Waals surface area contributed by atoms with Crippen molar-refractivity contribution in [2.24, 2.45) is 0 Å². The Morgan fingerprint density at radius 2 is 0.672 bits per heavy atom. The molecule has 0 spiro atoms. The third-order valence-electron chi connectivity index (χ3n) is 10.3. The van der Waals surface area contributed by atoms with Gasteiger partial charge in [0.05, 0.1) is 0 Å². The SMILES string of the molecule is CC/C=C\C/C=C\C/C=C\C/C=C\CCCCCC(=O)OC(COC(=O)CCCCCCC\C=C/C=C\C=C/C=C\CCCCC)COC(=O)CCCCCCC/C=C\C/C=C\CC. The van der Waals surface area contributed by atoms with Crippen LogP contribution >= 0.6 is 0 Å². The second-order valence-electron chi connectivity index (χ2n) is 16.4. The van der Waals surface area contributed by atoms with Gasteiger partial charge in [-0.3, -0.25) is 14.4 Å². The lowest BCUT2D eigenvalue weighted by molar-refractivity contribution is -0.167. The van der Waals surface area contributed by atoms with Gasteiger partial charge in [0, 0.05) is 19.3 Å². The van der Waals surface area contributed by atoms with Gasteiger partial charge in [-0.05, 0) is 109 Å². The van der Waals surface area contributed by atoms with E-state index < -0.39 is 6.10 Å². The number of esters is 3. The molecular formula is C58H92O6. The van der Waals surface area contributed by atoms with Crippen LogP contribution < -0.4 is 0 Å². The van der Waals surface area contributed by atoms with E-state index in [1.807, 2.05) is 0 Å². The van der Waals surface area contributed by atoms with Crippen molar-refractivity contribution >= 4 is 17.9 Å². The molecule has 0 heterocycles. The smallest absolute Gasteiger partial charge is 0.306 e. The van der Waals surface area contributed by atoms with Crippen LogP contribution in [0.4, 0.5) is 0 Å². The highest BCUT2D eigenvalue weighted by atomic mass is 16.6. The van der Waals surface area contributed by atoms with E-state index in [9.17, 15) is 14.4 Å². The normalized spacial score (nSPS) is 13.1. The maximum Gasteiger partial charge on any atom is 0.306 e. The molecule has 0 aliphatic rings. The van der Waals surface area contributed by atoms with Gasteiger partial charge in [0.15, 0.2) is 6.10 Å². The van der Waals surface area contributed by atoms with Crippen molar-refractivity contribution in [3.8, 4) is 0 Å². The summed E-state index contributed by atoms with van der Waals surface area (Å²) in [6, 6.07) is 0. The van der Waals surface area contributed by atoms with Gasteiger partial charge in [-0.15, -0.1) is 0 Å². The number of carbonyl (C=O) groups is 3. The van der Waals surface area contributed by atoms with Gasteiger partial charge in [-0.1, -0.05) is 200 Å². The van der Waals surface area contributed by atoms with Crippen molar-refractivity contribution in [2.75, 3.05) is 13.2 Å². The van der Waals surface area contributed by atoms with Crippen LogP contribution in [0.5, 0.6) is 0 Å². The summed E-state index contributed by atoms with van der Waals surface area (Å²) < 4.78 is 16.7. The molecule has 0 aliphatic heterocycles. The van der Waals surface area contributed by atoms with E-state index in [0.717, 1.165) is 141 Å². The summed E-state index contributed by atoms with van der Waals surface area (Å²) in [5.41, 5.74) is 0. The highest BCUT2D eigenvalue weighted by molar-refractivity contribution is 5.71. The summed E-state index contributed by atoms with van der Waals surface area (Å²) in [7, 11) is 0. The molecule has 0 aromatic rings. The molecule has 0 saturated carbocycles. The Balaban J connectivity index is 4.53. The quantitative estimate of drug-likeness (QED) is 0.0199. The Hall–Kier alpha value is -4.19. The minimum Gasteiger partial charge on any atom is -0.462 e. The Kier molecular flexibility index (Phi) is 48.1. The topological polar surface area (TPSA) is 78.9 Å². The molecule has 1 atom stereocenters. The lowest BCUT2D eigenvalue weighted by atomic mass is 10.1. The van der Waals surface area contributed by atoms with E-state index in [-0.39, 0.29) is 37.5 Å². The van der Waals surface area contributed by atoms with Crippen LogP contribution in [-0.4, -0.2) is 37.2 Å². The minimum atomic E-state index is -0.814. The Labute approximate surface area is 392 Å². The second kappa shape index (κ2) is 51.4. The molecule has 0 aromatic heterocycles. The fourth-order valence-corrected chi connectivity index (χ4v) is 6.48. The number of ether oxygens (including phenoxy) is 3. The summed E-state index contributed by atoms with van der Waals surface area (Å²) in [4.78, 5) is 38.0. The number of allylic oxidation sites excluding steroid dienone is 20. The van der Waals surface area contributed by atoms with Crippen molar-refractivity contribution in [3.63, 3.8) is 0 Å². The fraction of sp³-hybridized carbons (Fsp3) is 0.603. The van der Waals surface area contributed by atoms with Gasteiger partial charge in [0.25, 0.3) is 0 Å². The molecular weight excluding hydrogens is 793 g/mol. The Morgan fingerprint density at radius 1 is 0.344 bits per heavy atom. The molecule has 0 bridgehead atoms. The standard InChI is InChI=1S/C58H92O6/c1-4-7-10-13-16-19-22-25-27-29-30-32-33-36-39-42-45-48-51-57(60)63-54-55(53-62-56(59)50-47-44-41-38-35-24-21-18-15-12-9-6-3)64-58(61)52-49-46-43-40-37-34-31-28-26-23-20-17-14-11-8-5-2/h8-9,11-12,16-22,25-30,32,34,37,55H,4-7,10,13-15,23-24,31,33,35-36,38-54H2,1-3H3/b11-8-,12-9-,19-16-,20-17-,21-18-,25-22-,28-26-,29-27-,32-30-,37-34-. The average Bonchev–Trinajstić information content (AvgIpc) is 3.29. The molecule has 0 radical (unpaired) electrons. The molecule has 0 amide bonds. The molecule has 64 heavy (non-hydrogen) atoms. The number of hydrogen-bond donors (Lipinski definition) is 0. The van der Waals surface area contributed by atoms with E-state index >= 15 is 0 Å². The van der Waals surface area contributed by atoms with Gasteiger partial charge in [0.2, 0.25) is 0 Å². The zero-order valence-corrected chi connectivity index (χ0v) is 41.0. The van der Waals surface area contributed by atoms with Gasteiger partial charge < -0.3 is 14.2 Å². The van der Waals surface area contributed by atoms with Crippen LogP contribution in [0, 0.1) is 0 Å². The summed E-state index contributed by atoms with van der Waals surface area (Å²) >= 11 is 0. The summed E-state index contributed by atoms with van der Waals surface area (Å²) in [5, 5.41) is 0. The van der Waals surface area contributed by atoms with Crippen molar-refractivity contribution < 1.29 is 28.6 Å². The molecule has 0 fully saturated rings. The predicted octanol–water partition coefficient (Wildman–Crippen LogP) is 16.9. The number of unbranched alkanes of at least 4 members (excludes halogenated alkanes) is 16. The maximum absolute atomic E-state index is 12.8. The summed E-state index contributed by atoms with van der Waals surface area (Å²) in [6.45, 7) is 6.29. The van der Waals surface area contributed by atoms with Gasteiger partial charge in [-0.25, -0.2) is 0 Å². The lowest BCUT2D eigenvalue weighted by Crippen LogP contribution is -2.30. The van der Waals surface area contributed by atoms with E-state index in [2.05, 4.69) is 142 Å². The zero-order valence-electron chi connectivity index (χ0n) is 41.0. The molecule has 0 rings (SSSR count). The monoisotopic (exact) mass is 885 g/mol. The van der Waals surface area contributed by atoms with Crippen LogP contribution in [0.15, 0.2) is 122 Å². The average molecular weight is 885 g/mol. The maximum atomic E-state index is 12.8. The molecule has 0 saturated heterocycles. The first kappa shape index (κ1) is 59.8. The lowest BCUT2D eigenvalue weighted by Gasteiger charge is -2.18. The number of hydrogen-bond acceptors (Lipinski definition) is 6. The minimum absolute atomic E-state index is 0.110. The third-order valence-corrected chi connectivity index (χ3v) is 10.3. The van der Waals surface area contributed by atoms with E-state index in [0.29, 0.717) is 19.3 Å².